The Kier molecular flexibility index (Phi) is 4.26. The van der Waals surface area contributed by atoms with Crippen LogP contribution >= 0.6 is 22.6 Å². The Morgan fingerprint density at radius 1 is 1.20 bits per heavy atom. The first-order valence-corrected chi connectivity index (χ1v) is 6.93. The summed E-state index contributed by atoms with van der Waals surface area (Å²) in [6.45, 7) is 2.33. The van der Waals surface area contributed by atoms with E-state index in [9.17, 15) is 0 Å². The van der Waals surface area contributed by atoms with Gasteiger partial charge in [0.15, 0.2) is 0 Å². The fourth-order valence-corrected chi connectivity index (χ4v) is 3.29. The van der Waals surface area contributed by atoms with E-state index in [0.29, 0.717) is 16.1 Å². The van der Waals surface area contributed by atoms with E-state index in [1.165, 1.54) is 25.8 Å². The van der Waals surface area contributed by atoms with Crippen LogP contribution < -0.4 is 0 Å². The molecule has 3 nitrogen and oxygen atoms in total. The molecule has 0 N–H and O–H groups in total. The van der Waals surface area contributed by atoms with Gasteiger partial charge in [0, 0.05) is 30.7 Å². The lowest BCUT2D eigenvalue weighted by molar-refractivity contribution is -0.0542. The molecule has 0 amide bonds. The fourth-order valence-electron chi connectivity index (χ4n) is 2.49. The van der Waals surface area contributed by atoms with Crippen molar-refractivity contribution < 1.29 is 9.47 Å². The number of methoxy groups -OCH3 is 2. The highest BCUT2D eigenvalue weighted by Gasteiger charge is 2.37. The molecule has 0 aromatic carbocycles. The van der Waals surface area contributed by atoms with Crippen LogP contribution in [0.3, 0.4) is 0 Å². The number of rotatable bonds is 3. The predicted molar refractivity (Wildman–Crippen MR) is 68.6 cm³/mol. The van der Waals surface area contributed by atoms with Gasteiger partial charge in [-0.05, 0) is 25.8 Å². The molecule has 0 aromatic heterocycles. The van der Waals surface area contributed by atoms with Crippen molar-refractivity contribution in [3.63, 3.8) is 0 Å². The summed E-state index contributed by atoms with van der Waals surface area (Å²) >= 11 is 2.52. The zero-order chi connectivity index (χ0) is 10.8. The van der Waals surface area contributed by atoms with Crippen molar-refractivity contribution in [2.24, 2.45) is 0 Å². The van der Waals surface area contributed by atoms with Gasteiger partial charge in [-0.15, -0.1) is 0 Å². The summed E-state index contributed by atoms with van der Waals surface area (Å²) in [5.41, 5.74) is 0. The molecule has 0 radical (unpaired) electrons. The molecule has 1 saturated carbocycles. The van der Waals surface area contributed by atoms with Crippen molar-refractivity contribution in [3.8, 4) is 0 Å². The molecule has 2 atom stereocenters. The van der Waals surface area contributed by atoms with Crippen molar-refractivity contribution in [2.45, 2.75) is 41.4 Å². The van der Waals surface area contributed by atoms with Crippen LogP contribution in [0.15, 0.2) is 0 Å². The summed E-state index contributed by atoms with van der Waals surface area (Å²) in [6.07, 6.45) is 4.60. The molecule has 1 heterocycles. The van der Waals surface area contributed by atoms with Crippen LogP contribution in [0.5, 0.6) is 0 Å². The lowest BCUT2D eigenvalue weighted by atomic mass is 9.86. The number of halogens is 1. The van der Waals surface area contributed by atoms with E-state index in [2.05, 4.69) is 27.5 Å². The Bertz CT molecular complexity index is 209. The second-order valence-electron chi connectivity index (χ2n) is 4.56. The number of hydrogen-bond acceptors (Lipinski definition) is 3. The van der Waals surface area contributed by atoms with Crippen LogP contribution in [-0.2, 0) is 9.47 Å². The summed E-state index contributed by atoms with van der Waals surface area (Å²) in [5, 5.41) is 0. The van der Waals surface area contributed by atoms with Crippen LogP contribution in [0, 0.1) is 0 Å². The molecule has 88 valence electrons. The Morgan fingerprint density at radius 2 is 1.93 bits per heavy atom. The molecule has 0 unspecified atom stereocenters. The molecule has 1 saturated heterocycles. The summed E-state index contributed by atoms with van der Waals surface area (Å²) in [7, 11) is 3.65. The smallest absolute Gasteiger partial charge is 0.0816 e. The summed E-state index contributed by atoms with van der Waals surface area (Å²) in [5.74, 6) is 0. The van der Waals surface area contributed by atoms with E-state index in [1.54, 1.807) is 0 Å². The Labute approximate surface area is 106 Å². The molecule has 0 spiro atoms. The highest BCUT2D eigenvalue weighted by atomic mass is 127. The van der Waals surface area contributed by atoms with E-state index < -0.39 is 0 Å². The lowest BCUT2D eigenvalue weighted by Gasteiger charge is -2.46. The van der Waals surface area contributed by atoms with Crippen molar-refractivity contribution in [1.29, 1.82) is 0 Å². The molecule has 2 rings (SSSR count). The van der Waals surface area contributed by atoms with Gasteiger partial charge in [-0.3, -0.25) is 4.90 Å². The SMILES string of the molecule is COC1CC(N2CC[C@H](I)[C@@H](OC)C2)C1. The van der Waals surface area contributed by atoms with Gasteiger partial charge >= 0.3 is 0 Å². The van der Waals surface area contributed by atoms with E-state index in [1.807, 2.05) is 14.2 Å². The lowest BCUT2D eigenvalue weighted by Crippen LogP contribution is -2.55. The number of piperidine rings is 1. The number of nitrogens with zero attached hydrogens (tertiary/aromatic N) is 1. The van der Waals surface area contributed by atoms with Crippen molar-refractivity contribution in [3.05, 3.63) is 0 Å². The molecular weight excluding hydrogens is 305 g/mol. The van der Waals surface area contributed by atoms with Gasteiger partial charge in [-0.25, -0.2) is 0 Å². The highest BCUT2D eigenvalue weighted by molar-refractivity contribution is 14.1. The molecule has 0 bridgehead atoms. The van der Waals surface area contributed by atoms with Gasteiger partial charge in [0.25, 0.3) is 0 Å². The van der Waals surface area contributed by atoms with E-state index in [0.717, 1.165) is 12.6 Å². The normalized spacial score (nSPS) is 42.6. The molecule has 1 aliphatic carbocycles. The average Bonchev–Trinajstić information content (AvgIpc) is 2.19. The van der Waals surface area contributed by atoms with Crippen molar-refractivity contribution in [2.75, 3.05) is 27.3 Å². The number of hydrogen-bond donors (Lipinski definition) is 0. The molecule has 0 aromatic rings. The molecular formula is C11H20INO2. The van der Waals surface area contributed by atoms with Gasteiger partial charge in [0.05, 0.1) is 12.2 Å². The number of ether oxygens (including phenoxy) is 2. The fraction of sp³-hybridized carbons (Fsp3) is 1.00. The monoisotopic (exact) mass is 325 g/mol. The number of likely N-dealkylation sites (tertiary alicyclic amines) is 1. The zero-order valence-electron chi connectivity index (χ0n) is 9.49. The third kappa shape index (κ3) is 2.65. The Morgan fingerprint density at radius 3 is 2.53 bits per heavy atom. The molecule has 2 fully saturated rings. The van der Waals surface area contributed by atoms with Crippen LogP contribution in [-0.4, -0.2) is 54.4 Å². The van der Waals surface area contributed by atoms with Gasteiger partial charge < -0.3 is 9.47 Å². The predicted octanol–water partition coefficient (Wildman–Crippen LogP) is 1.69. The van der Waals surface area contributed by atoms with E-state index in [4.69, 9.17) is 9.47 Å². The maximum absolute atomic E-state index is 5.53. The minimum absolute atomic E-state index is 0.418. The first-order chi connectivity index (χ1) is 7.24. The van der Waals surface area contributed by atoms with Gasteiger partial charge in [0.2, 0.25) is 0 Å². The third-order valence-electron chi connectivity index (χ3n) is 3.73. The van der Waals surface area contributed by atoms with Crippen molar-refractivity contribution >= 4 is 22.6 Å². The Hall–Kier alpha value is 0.610. The third-order valence-corrected chi connectivity index (χ3v) is 5.16. The minimum Gasteiger partial charge on any atom is -0.381 e. The molecule has 1 aliphatic heterocycles. The van der Waals surface area contributed by atoms with Crippen LogP contribution in [0.1, 0.15) is 19.3 Å². The van der Waals surface area contributed by atoms with Gasteiger partial charge in [-0.2, -0.15) is 0 Å². The summed E-state index contributed by atoms with van der Waals surface area (Å²) in [6, 6.07) is 0.747. The van der Waals surface area contributed by atoms with Gasteiger partial charge in [0.1, 0.15) is 0 Å². The Balaban J connectivity index is 1.80. The molecule has 4 heteroatoms. The van der Waals surface area contributed by atoms with Crippen LogP contribution in [0.25, 0.3) is 0 Å². The maximum atomic E-state index is 5.53. The van der Waals surface area contributed by atoms with E-state index in [-0.39, 0.29) is 0 Å². The molecule has 2 aliphatic rings. The minimum atomic E-state index is 0.418. The second-order valence-corrected chi connectivity index (χ2v) is 6.16. The van der Waals surface area contributed by atoms with Crippen molar-refractivity contribution in [1.82, 2.24) is 4.90 Å². The first-order valence-electron chi connectivity index (χ1n) is 5.68. The van der Waals surface area contributed by atoms with E-state index >= 15 is 0 Å². The second kappa shape index (κ2) is 5.29. The zero-order valence-corrected chi connectivity index (χ0v) is 11.6. The largest absolute Gasteiger partial charge is 0.381 e. The topological polar surface area (TPSA) is 21.7 Å². The average molecular weight is 325 g/mol. The first kappa shape index (κ1) is 12.1. The maximum Gasteiger partial charge on any atom is 0.0816 e. The summed E-state index contributed by atoms with van der Waals surface area (Å²) < 4.78 is 11.5. The summed E-state index contributed by atoms with van der Waals surface area (Å²) in [4.78, 5) is 2.58. The standard InChI is InChI=1S/C11H20INO2/c1-14-9-5-8(6-9)13-4-3-10(12)11(7-13)15-2/h8-11H,3-7H2,1-2H3/t8?,9?,10-,11-/m0/s1. The van der Waals surface area contributed by atoms with Crippen LogP contribution in [0.2, 0.25) is 0 Å². The van der Waals surface area contributed by atoms with Crippen LogP contribution in [0.4, 0.5) is 0 Å². The highest BCUT2D eigenvalue weighted by Crippen LogP contribution is 2.31. The number of alkyl halides is 1. The molecule has 15 heavy (non-hydrogen) atoms. The quantitative estimate of drug-likeness (QED) is 0.582. The van der Waals surface area contributed by atoms with Gasteiger partial charge in [-0.1, -0.05) is 22.6 Å².